The lowest BCUT2D eigenvalue weighted by atomic mass is 10.0. The number of aliphatic hydroxyl groups is 2. The largest absolute Gasteiger partial charge is 0.396 e. The molecule has 0 saturated heterocycles. The van der Waals surface area contributed by atoms with E-state index in [1.54, 1.807) is 0 Å². The minimum atomic E-state index is -0.484. The van der Waals surface area contributed by atoms with Gasteiger partial charge in [0.05, 0.1) is 6.10 Å². The molecule has 0 amide bonds. The maximum absolute atomic E-state index is 11.5. The molecule has 0 fully saturated rings. The molecule has 0 radical (unpaired) electrons. The highest BCUT2D eigenvalue weighted by molar-refractivity contribution is 5.78. The summed E-state index contributed by atoms with van der Waals surface area (Å²) in [5.74, 6) is 0.0777. The summed E-state index contributed by atoms with van der Waals surface area (Å²) in [6.07, 6.45) is 26.0. The van der Waals surface area contributed by atoms with Crippen molar-refractivity contribution in [3.8, 4) is 0 Å². The molecule has 29 heavy (non-hydrogen) atoms. The Balaban J connectivity index is 3.16. The van der Waals surface area contributed by atoms with E-state index in [1.165, 1.54) is 109 Å². The molecule has 174 valence electrons. The van der Waals surface area contributed by atoms with Gasteiger partial charge in [-0.3, -0.25) is 4.79 Å². The van der Waals surface area contributed by atoms with Crippen molar-refractivity contribution >= 4 is 5.78 Å². The lowest BCUT2D eigenvalue weighted by Gasteiger charge is -2.09. The van der Waals surface area contributed by atoms with Crippen molar-refractivity contribution in [2.24, 2.45) is 0 Å². The fourth-order valence-corrected chi connectivity index (χ4v) is 4.02. The summed E-state index contributed by atoms with van der Waals surface area (Å²) in [5, 5.41) is 18.6. The molecular weight excluding hydrogens is 360 g/mol. The summed E-state index contributed by atoms with van der Waals surface area (Å²) in [5.41, 5.74) is 0. The number of Topliss-reactive ketones (excluding diaryl/α,β-unsaturated/α-hetero) is 1. The molecule has 0 spiro atoms. The highest BCUT2D eigenvalue weighted by atomic mass is 16.3. The molecule has 0 aromatic carbocycles. The molecule has 0 aliphatic carbocycles. The maximum Gasteiger partial charge on any atom is 0.135 e. The van der Waals surface area contributed by atoms with E-state index in [1.807, 2.05) is 0 Å². The molecule has 1 atom stereocenters. The van der Waals surface area contributed by atoms with Gasteiger partial charge in [-0.1, -0.05) is 122 Å². The molecule has 0 aliphatic rings. The average Bonchev–Trinajstić information content (AvgIpc) is 2.71. The SMILES string of the molecule is CCCCCCCCCCCCCCCCCCCCC(O)CC(=O)CCCO. The van der Waals surface area contributed by atoms with Crippen LogP contribution >= 0.6 is 0 Å². The smallest absolute Gasteiger partial charge is 0.135 e. The van der Waals surface area contributed by atoms with Crippen molar-refractivity contribution in [3.05, 3.63) is 0 Å². The van der Waals surface area contributed by atoms with Crippen molar-refractivity contribution in [2.75, 3.05) is 6.61 Å². The quantitative estimate of drug-likeness (QED) is 0.161. The molecule has 0 aromatic heterocycles. The van der Waals surface area contributed by atoms with Crippen LogP contribution in [0.3, 0.4) is 0 Å². The molecule has 0 bridgehead atoms. The Bertz CT molecular complexity index is 330. The fraction of sp³-hybridized carbons (Fsp3) is 0.962. The van der Waals surface area contributed by atoms with Gasteiger partial charge in [0.2, 0.25) is 0 Å². The van der Waals surface area contributed by atoms with Crippen molar-refractivity contribution in [2.45, 2.75) is 154 Å². The summed E-state index contributed by atoms with van der Waals surface area (Å²) in [6.45, 7) is 2.34. The van der Waals surface area contributed by atoms with Crippen LogP contribution in [0.5, 0.6) is 0 Å². The standard InChI is InChI=1S/C26H52O3/c1-2-3-4-5-6-7-8-9-10-11-12-13-14-15-16-17-18-19-21-25(28)24-26(29)22-20-23-27/h25,27-28H,2-24H2,1H3. The van der Waals surface area contributed by atoms with Gasteiger partial charge in [0.1, 0.15) is 5.78 Å². The van der Waals surface area contributed by atoms with E-state index in [4.69, 9.17) is 5.11 Å². The molecule has 2 N–H and O–H groups in total. The van der Waals surface area contributed by atoms with Gasteiger partial charge in [0, 0.05) is 19.4 Å². The molecule has 0 aliphatic heterocycles. The molecule has 1 unspecified atom stereocenters. The predicted molar refractivity (Wildman–Crippen MR) is 125 cm³/mol. The molecule has 0 rings (SSSR count). The number of carbonyl (C=O) groups is 1. The van der Waals surface area contributed by atoms with Crippen LogP contribution in [-0.2, 0) is 4.79 Å². The third-order valence-corrected chi connectivity index (χ3v) is 5.97. The number of carbonyl (C=O) groups excluding carboxylic acids is 1. The van der Waals surface area contributed by atoms with E-state index in [9.17, 15) is 9.90 Å². The van der Waals surface area contributed by atoms with E-state index in [-0.39, 0.29) is 18.8 Å². The minimum absolute atomic E-state index is 0.0566. The first-order valence-electron chi connectivity index (χ1n) is 13.0. The molecular formula is C26H52O3. The van der Waals surface area contributed by atoms with Crippen molar-refractivity contribution in [1.82, 2.24) is 0 Å². The highest BCUT2D eigenvalue weighted by Crippen LogP contribution is 2.15. The number of hydrogen-bond acceptors (Lipinski definition) is 3. The molecule has 0 saturated carbocycles. The summed E-state index contributed by atoms with van der Waals surface area (Å²) in [7, 11) is 0. The van der Waals surface area contributed by atoms with Gasteiger partial charge in [-0.2, -0.15) is 0 Å². The zero-order valence-corrected chi connectivity index (χ0v) is 19.6. The monoisotopic (exact) mass is 412 g/mol. The van der Waals surface area contributed by atoms with E-state index < -0.39 is 6.10 Å². The second-order valence-corrected chi connectivity index (χ2v) is 9.02. The van der Waals surface area contributed by atoms with Crippen LogP contribution < -0.4 is 0 Å². The van der Waals surface area contributed by atoms with Gasteiger partial charge in [-0.25, -0.2) is 0 Å². The summed E-state index contributed by atoms with van der Waals surface area (Å²) >= 11 is 0. The lowest BCUT2D eigenvalue weighted by molar-refractivity contribution is -0.121. The van der Waals surface area contributed by atoms with Crippen molar-refractivity contribution < 1.29 is 15.0 Å². The fourth-order valence-electron chi connectivity index (χ4n) is 4.02. The zero-order valence-electron chi connectivity index (χ0n) is 19.6. The number of hydrogen-bond donors (Lipinski definition) is 2. The van der Waals surface area contributed by atoms with E-state index in [0.29, 0.717) is 12.8 Å². The van der Waals surface area contributed by atoms with Gasteiger partial charge in [0.25, 0.3) is 0 Å². The topological polar surface area (TPSA) is 57.5 Å². The molecule has 3 nitrogen and oxygen atoms in total. The Hall–Kier alpha value is -0.410. The second-order valence-electron chi connectivity index (χ2n) is 9.02. The number of ketones is 1. The van der Waals surface area contributed by atoms with Gasteiger partial charge in [-0.15, -0.1) is 0 Å². The van der Waals surface area contributed by atoms with Crippen LogP contribution in [-0.4, -0.2) is 28.7 Å². The van der Waals surface area contributed by atoms with Crippen LogP contribution in [0.4, 0.5) is 0 Å². The number of unbranched alkanes of at least 4 members (excludes halogenated alkanes) is 17. The van der Waals surface area contributed by atoms with Gasteiger partial charge < -0.3 is 10.2 Å². The van der Waals surface area contributed by atoms with Crippen LogP contribution in [0, 0.1) is 0 Å². The Morgan fingerprint density at radius 3 is 1.38 bits per heavy atom. The first-order chi connectivity index (χ1) is 14.2. The molecule has 0 heterocycles. The Morgan fingerprint density at radius 1 is 0.621 bits per heavy atom. The van der Waals surface area contributed by atoms with Crippen molar-refractivity contribution in [3.63, 3.8) is 0 Å². The minimum Gasteiger partial charge on any atom is -0.396 e. The molecule has 0 aromatic rings. The van der Waals surface area contributed by atoms with Crippen LogP contribution in [0.15, 0.2) is 0 Å². The van der Waals surface area contributed by atoms with Gasteiger partial charge >= 0.3 is 0 Å². The Morgan fingerprint density at radius 2 is 1.00 bits per heavy atom. The van der Waals surface area contributed by atoms with Crippen LogP contribution in [0.2, 0.25) is 0 Å². The average molecular weight is 413 g/mol. The summed E-state index contributed by atoms with van der Waals surface area (Å²) in [6, 6.07) is 0. The van der Waals surface area contributed by atoms with Crippen LogP contribution in [0.1, 0.15) is 148 Å². The third kappa shape index (κ3) is 23.7. The van der Waals surface area contributed by atoms with Crippen LogP contribution in [0.25, 0.3) is 0 Å². The van der Waals surface area contributed by atoms with Gasteiger partial charge in [-0.05, 0) is 12.8 Å². The van der Waals surface area contributed by atoms with E-state index in [0.717, 1.165) is 12.8 Å². The summed E-state index contributed by atoms with van der Waals surface area (Å²) < 4.78 is 0. The normalized spacial score (nSPS) is 12.4. The highest BCUT2D eigenvalue weighted by Gasteiger charge is 2.10. The number of aliphatic hydroxyl groups excluding tert-OH is 2. The number of rotatable bonds is 24. The first-order valence-corrected chi connectivity index (χ1v) is 13.0. The first kappa shape index (κ1) is 28.6. The Kier molecular flexibility index (Phi) is 23.5. The zero-order chi connectivity index (χ0) is 21.4. The molecule has 3 heteroatoms. The second kappa shape index (κ2) is 23.9. The predicted octanol–water partition coefficient (Wildman–Crippen LogP) is 7.51. The lowest BCUT2D eigenvalue weighted by Crippen LogP contribution is -2.13. The van der Waals surface area contributed by atoms with E-state index in [2.05, 4.69) is 6.92 Å². The van der Waals surface area contributed by atoms with E-state index >= 15 is 0 Å². The maximum atomic E-state index is 11.5. The summed E-state index contributed by atoms with van der Waals surface area (Å²) in [4.78, 5) is 11.5. The van der Waals surface area contributed by atoms with Crippen molar-refractivity contribution in [1.29, 1.82) is 0 Å². The van der Waals surface area contributed by atoms with Gasteiger partial charge in [0.15, 0.2) is 0 Å². The Labute approximate surface area is 182 Å². The third-order valence-electron chi connectivity index (χ3n) is 5.97.